The molecule has 17 heavy (non-hydrogen) atoms. The molecule has 1 aliphatic rings. The Morgan fingerprint density at radius 1 is 1.41 bits per heavy atom. The van der Waals surface area contributed by atoms with Crippen molar-refractivity contribution in [1.82, 2.24) is 5.32 Å². The minimum atomic E-state index is 0.0550. The van der Waals surface area contributed by atoms with E-state index < -0.39 is 0 Å². The Labute approximate surface area is 111 Å². The Bertz CT molecular complexity index is 430. The van der Waals surface area contributed by atoms with Crippen molar-refractivity contribution in [3.8, 4) is 0 Å². The third-order valence-electron chi connectivity index (χ3n) is 3.60. The largest absolute Gasteiger partial charge is 0.349 e. The molecule has 2 nitrogen and oxygen atoms in total. The SMILES string of the molecule is Cc1cc(C(=O)NC2CCCC2C)ccc1Br. The van der Waals surface area contributed by atoms with E-state index in [0.717, 1.165) is 22.0 Å². The molecule has 1 fully saturated rings. The van der Waals surface area contributed by atoms with Gasteiger partial charge in [0.1, 0.15) is 0 Å². The molecule has 2 unspecified atom stereocenters. The zero-order valence-electron chi connectivity index (χ0n) is 10.3. The van der Waals surface area contributed by atoms with Gasteiger partial charge in [0, 0.05) is 16.1 Å². The number of benzene rings is 1. The molecule has 0 aromatic heterocycles. The summed E-state index contributed by atoms with van der Waals surface area (Å²) < 4.78 is 1.04. The Hall–Kier alpha value is -0.830. The average Bonchev–Trinajstić information content (AvgIpc) is 2.68. The first-order valence-electron chi connectivity index (χ1n) is 6.15. The van der Waals surface area contributed by atoms with Crippen molar-refractivity contribution >= 4 is 21.8 Å². The topological polar surface area (TPSA) is 29.1 Å². The normalized spacial score (nSPS) is 23.7. The number of halogens is 1. The van der Waals surface area contributed by atoms with Gasteiger partial charge in [-0.1, -0.05) is 29.3 Å². The van der Waals surface area contributed by atoms with Crippen molar-refractivity contribution in [1.29, 1.82) is 0 Å². The van der Waals surface area contributed by atoms with Crippen LogP contribution in [0.15, 0.2) is 22.7 Å². The van der Waals surface area contributed by atoms with Gasteiger partial charge in [0.25, 0.3) is 5.91 Å². The van der Waals surface area contributed by atoms with E-state index in [0.29, 0.717) is 12.0 Å². The molecular weight excluding hydrogens is 278 g/mol. The smallest absolute Gasteiger partial charge is 0.251 e. The predicted molar refractivity (Wildman–Crippen MR) is 73.1 cm³/mol. The van der Waals surface area contributed by atoms with Crippen molar-refractivity contribution in [2.75, 3.05) is 0 Å². The van der Waals surface area contributed by atoms with Crippen molar-refractivity contribution in [3.05, 3.63) is 33.8 Å². The molecule has 0 radical (unpaired) electrons. The van der Waals surface area contributed by atoms with Gasteiger partial charge in [0.05, 0.1) is 0 Å². The lowest BCUT2D eigenvalue weighted by molar-refractivity contribution is 0.0929. The van der Waals surface area contributed by atoms with Gasteiger partial charge in [-0.2, -0.15) is 0 Å². The average molecular weight is 296 g/mol. The highest BCUT2D eigenvalue weighted by Gasteiger charge is 2.25. The lowest BCUT2D eigenvalue weighted by Gasteiger charge is -2.17. The molecule has 1 aromatic rings. The summed E-state index contributed by atoms with van der Waals surface area (Å²) in [5, 5.41) is 3.14. The third kappa shape index (κ3) is 2.89. The van der Waals surface area contributed by atoms with Crippen molar-refractivity contribution in [2.45, 2.75) is 39.2 Å². The number of carbonyl (C=O) groups is 1. The predicted octanol–water partition coefficient (Wildman–Crippen LogP) is 3.68. The Kier molecular flexibility index (Phi) is 3.87. The first-order valence-corrected chi connectivity index (χ1v) is 6.94. The second-order valence-corrected chi connectivity index (χ2v) is 5.81. The standard InChI is InChI=1S/C14H18BrNO/c1-9-4-3-5-13(9)16-14(17)11-6-7-12(15)10(2)8-11/h6-9,13H,3-5H2,1-2H3,(H,16,17). The Morgan fingerprint density at radius 3 is 2.76 bits per heavy atom. The van der Waals surface area contributed by atoms with E-state index in [1.54, 1.807) is 0 Å². The van der Waals surface area contributed by atoms with Crippen molar-refractivity contribution < 1.29 is 4.79 Å². The summed E-state index contributed by atoms with van der Waals surface area (Å²) in [7, 11) is 0. The molecule has 0 bridgehead atoms. The van der Waals surface area contributed by atoms with Gasteiger partial charge in [-0.25, -0.2) is 0 Å². The lowest BCUT2D eigenvalue weighted by Crippen LogP contribution is -2.36. The third-order valence-corrected chi connectivity index (χ3v) is 4.49. The molecule has 1 aromatic carbocycles. The number of hydrogen-bond donors (Lipinski definition) is 1. The van der Waals surface area contributed by atoms with Crippen LogP contribution >= 0.6 is 15.9 Å². The van der Waals surface area contributed by atoms with Gasteiger partial charge >= 0.3 is 0 Å². The summed E-state index contributed by atoms with van der Waals surface area (Å²) in [5.41, 5.74) is 1.85. The summed E-state index contributed by atoms with van der Waals surface area (Å²) in [4.78, 5) is 12.1. The summed E-state index contributed by atoms with van der Waals surface area (Å²) in [5.74, 6) is 0.662. The second kappa shape index (κ2) is 5.21. The zero-order chi connectivity index (χ0) is 12.4. The molecule has 2 rings (SSSR count). The molecule has 0 aliphatic heterocycles. The summed E-state index contributed by atoms with van der Waals surface area (Å²) in [6.45, 7) is 4.21. The molecule has 0 saturated heterocycles. The Morgan fingerprint density at radius 2 is 2.18 bits per heavy atom. The molecule has 0 spiro atoms. The summed E-state index contributed by atoms with van der Waals surface area (Å²) in [6, 6.07) is 6.08. The van der Waals surface area contributed by atoms with Gasteiger partial charge in [-0.3, -0.25) is 4.79 Å². The van der Waals surface area contributed by atoms with Crippen molar-refractivity contribution in [3.63, 3.8) is 0 Å². The van der Waals surface area contributed by atoms with Crippen LogP contribution in [-0.4, -0.2) is 11.9 Å². The van der Waals surface area contributed by atoms with Crippen LogP contribution in [0.5, 0.6) is 0 Å². The quantitative estimate of drug-likeness (QED) is 0.886. The first-order chi connectivity index (χ1) is 8.08. The molecule has 92 valence electrons. The number of carbonyl (C=O) groups excluding carboxylic acids is 1. The molecule has 0 heterocycles. The first kappa shape index (κ1) is 12.6. The van der Waals surface area contributed by atoms with E-state index >= 15 is 0 Å². The monoisotopic (exact) mass is 295 g/mol. The van der Waals surface area contributed by atoms with Crippen LogP contribution in [0, 0.1) is 12.8 Å². The van der Waals surface area contributed by atoms with E-state index in [4.69, 9.17) is 0 Å². The van der Waals surface area contributed by atoms with Gasteiger partial charge in [0.2, 0.25) is 0 Å². The molecule has 3 heteroatoms. The van der Waals surface area contributed by atoms with Gasteiger partial charge in [-0.15, -0.1) is 0 Å². The Balaban J connectivity index is 2.06. The van der Waals surface area contributed by atoms with E-state index in [1.807, 2.05) is 25.1 Å². The molecule has 1 N–H and O–H groups in total. The number of aryl methyl sites for hydroxylation is 1. The van der Waals surface area contributed by atoms with Gasteiger partial charge in [0.15, 0.2) is 0 Å². The van der Waals surface area contributed by atoms with E-state index in [-0.39, 0.29) is 5.91 Å². The maximum atomic E-state index is 12.1. The highest BCUT2D eigenvalue weighted by Crippen LogP contribution is 2.25. The molecule has 1 aliphatic carbocycles. The fraction of sp³-hybridized carbons (Fsp3) is 0.500. The molecule has 2 atom stereocenters. The number of nitrogens with one attached hydrogen (secondary N) is 1. The van der Waals surface area contributed by atoms with Crippen molar-refractivity contribution in [2.24, 2.45) is 5.92 Å². The second-order valence-electron chi connectivity index (χ2n) is 4.95. The minimum Gasteiger partial charge on any atom is -0.349 e. The number of rotatable bonds is 2. The maximum Gasteiger partial charge on any atom is 0.251 e. The van der Waals surface area contributed by atoms with Gasteiger partial charge < -0.3 is 5.32 Å². The fourth-order valence-electron chi connectivity index (χ4n) is 2.40. The fourth-order valence-corrected chi connectivity index (χ4v) is 2.64. The van der Waals surface area contributed by atoms with Crippen LogP contribution in [0.25, 0.3) is 0 Å². The number of amides is 1. The summed E-state index contributed by atoms with van der Waals surface area (Å²) >= 11 is 3.44. The van der Waals surface area contributed by atoms with Crippen LogP contribution in [0.2, 0.25) is 0 Å². The van der Waals surface area contributed by atoms with Crippen LogP contribution < -0.4 is 5.32 Å². The van der Waals surface area contributed by atoms with Gasteiger partial charge in [-0.05, 0) is 49.4 Å². The zero-order valence-corrected chi connectivity index (χ0v) is 11.9. The summed E-state index contributed by atoms with van der Waals surface area (Å²) in [6.07, 6.45) is 3.57. The maximum absolute atomic E-state index is 12.1. The highest BCUT2D eigenvalue weighted by molar-refractivity contribution is 9.10. The van der Waals surface area contributed by atoms with Crippen LogP contribution in [-0.2, 0) is 0 Å². The number of hydrogen-bond acceptors (Lipinski definition) is 1. The lowest BCUT2D eigenvalue weighted by atomic mass is 10.1. The van der Waals surface area contributed by atoms with E-state index in [1.165, 1.54) is 12.8 Å². The van der Waals surface area contributed by atoms with Crippen LogP contribution in [0.4, 0.5) is 0 Å². The molecular formula is C14H18BrNO. The van der Waals surface area contributed by atoms with Crippen LogP contribution in [0.1, 0.15) is 42.1 Å². The van der Waals surface area contributed by atoms with E-state index in [2.05, 4.69) is 28.2 Å². The molecule has 1 saturated carbocycles. The minimum absolute atomic E-state index is 0.0550. The van der Waals surface area contributed by atoms with E-state index in [9.17, 15) is 4.79 Å². The molecule has 1 amide bonds. The van der Waals surface area contributed by atoms with Crippen LogP contribution in [0.3, 0.4) is 0 Å². The highest BCUT2D eigenvalue weighted by atomic mass is 79.9.